The number of hydrogen-bond acceptors (Lipinski definition) is 2. The van der Waals surface area contributed by atoms with Crippen LogP contribution in [0.5, 0.6) is 0 Å². The van der Waals surface area contributed by atoms with E-state index in [0.717, 1.165) is 0 Å². The molecule has 4 heteroatoms. The third kappa shape index (κ3) is 1.64. The van der Waals surface area contributed by atoms with E-state index in [1.54, 1.807) is 0 Å². The molecule has 3 N–H and O–H groups in total. The van der Waals surface area contributed by atoms with Crippen LogP contribution in [-0.2, 0) is 0 Å². The Balaban J connectivity index is 4.23. The highest BCUT2D eigenvalue weighted by atomic mass is 19.3. The van der Waals surface area contributed by atoms with Crippen LogP contribution in [0.3, 0.4) is 0 Å². The van der Waals surface area contributed by atoms with Gasteiger partial charge in [-0.25, -0.2) is 8.78 Å². The third-order valence-electron chi connectivity index (χ3n) is 1.70. The molecule has 0 aromatic rings. The maximum atomic E-state index is 12.0. The largest absolute Gasteiger partial charge is 0.382 e. The standard InChI is InChI=1S/C6H13F2NO/c1-4(2)6(10,3-9)5(7)8/h4-5,10H,3,9H2,1-2H3. The van der Waals surface area contributed by atoms with Crippen molar-refractivity contribution in [3.8, 4) is 0 Å². The van der Waals surface area contributed by atoms with Crippen LogP contribution >= 0.6 is 0 Å². The summed E-state index contributed by atoms with van der Waals surface area (Å²) >= 11 is 0. The van der Waals surface area contributed by atoms with Gasteiger partial charge in [0.25, 0.3) is 6.43 Å². The van der Waals surface area contributed by atoms with Gasteiger partial charge in [-0.2, -0.15) is 0 Å². The normalized spacial score (nSPS) is 18.0. The van der Waals surface area contributed by atoms with Crippen LogP contribution < -0.4 is 5.73 Å². The minimum absolute atomic E-state index is 0.400. The first kappa shape index (κ1) is 9.78. The van der Waals surface area contributed by atoms with E-state index in [0.29, 0.717) is 0 Å². The average molecular weight is 153 g/mol. The van der Waals surface area contributed by atoms with E-state index in [9.17, 15) is 8.78 Å². The second-order valence-corrected chi connectivity index (χ2v) is 2.65. The molecule has 62 valence electrons. The van der Waals surface area contributed by atoms with E-state index >= 15 is 0 Å². The fourth-order valence-electron chi connectivity index (χ4n) is 0.577. The fraction of sp³-hybridized carbons (Fsp3) is 1.00. The summed E-state index contributed by atoms with van der Waals surface area (Å²) in [6.45, 7) is 2.63. The summed E-state index contributed by atoms with van der Waals surface area (Å²) in [6.07, 6.45) is -2.77. The maximum Gasteiger partial charge on any atom is 0.268 e. The predicted molar refractivity (Wildman–Crippen MR) is 34.8 cm³/mol. The van der Waals surface area contributed by atoms with Crippen molar-refractivity contribution in [1.82, 2.24) is 0 Å². The molecule has 0 aliphatic heterocycles. The summed E-state index contributed by atoms with van der Waals surface area (Å²) < 4.78 is 24.0. The van der Waals surface area contributed by atoms with E-state index in [1.807, 2.05) is 0 Å². The molecule has 1 unspecified atom stereocenters. The molecule has 1 atom stereocenters. The summed E-state index contributed by atoms with van der Waals surface area (Å²) in [5.74, 6) is -0.516. The van der Waals surface area contributed by atoms with Gasteiger partial charge in [-0.15, -0.1) is 0 Å². The van der Waals surface area contributed by atoms with Gasteiger partial charge in [0, 0.05) is 6.54 Å². The summed E-state index contributed by atoms with van der Waals surface area (Å²) in [5.41, 5.74) is 2.97. The van der Waals surface area contributed by atoms with Crippen molar-refractivity contribution < 1.29 is 13.9 Å². The van der Waals surface area contributed by atoms with Crippen molar-refractivity contribution in [1.29, 1.82) is 0 Å². The van der Waals surface area contributed by atoms with Gasteiger partial charge in [0.2, 0.25) is 0 Å². The topological polar surface area (TPSA) is 46.2 Å². The Bertz CT molecular complexity index is 97.9. The fourth-order valence-corrected chi connectivity index (χ4v) is 0.577. The number of alkyl halides is 2. The van der Waals surface area contributed by atoms with Crippen LogP contribution in [0.2, 0.25) is 0 Å². The lowest BCUT2D eigenvalue weighted by Crippen LogP contribution is -2.49. The molecular weight excluding hydrogens is 140 g/mol. The summed E-state index contributed by atoms with van der Waals surface area (Å²) in [6, 6.07) is 0. The Hall–Kier alpha value is -0.220. The summed E-state index contributed by atoms with van der Waals surface area (Å²) in [7, 11) is 0. The zero-order valence-corrected chi connectivity index (χ0v) is 6.14. The Labute approximate surface area is 59.0 Å². The molecule has 0 spiro atoms. The van der Waals surface area contributed by atoms with Gasteiger partial charge in [-0.1, -0.05) is 13.8 Å². The van der Waals surface area contributed by atoms with E-state index < -0.39 is 24.5 Å². The van der Waals surface area contributed by atoms with Crippen LogP contribution in [0.1, 0.15) is 13.8 Å². The molecule has 10 heavy (non-hydrogen) atoms. The summed E-state index contributed by atoms with van der Waals surface area (Å²) in [5, 5.41) is 9.10. The summed E-state index contributed by atoms with van der Waals surface area (Å²) in [4.78, 5) is 0. The zero-order chi connectivity index (χ0) is 8.36. The quantitative estimate of drug-likeness (QED) is 0.623. The molecular formula is C6H13F2NO. The van der Waals surface area contributed by atoms with Crippen molar-refractivity contribution >= 4 is 0 Å². The van der Waals surface area contributed by atoms with Gasteiger partial charge in [0.05, 0.1) is 0 Å². The lowest BCUT2D eigenvalue weighted by Gasteiger charge is -2.29. The molecule has 0 aliphatic rings. The van der Waals surface area contributed by atoms with Gasteiger partial charge in [-0.3, -0.25) is 0 Å². The predicted octanol–water partition coefficient (Wildman–Crippen LogP) is 0.597. The van der Waals surface area contributed by atoms with Crippen molar-refractivity contribution in [3.05, 3.63) is 0 Å². The maximum absolute atomic E-state index is 12.0. The lowest BCUT2D eigenvalue weighted by atomic mass is 9.91. The molecule has 0 rings (SSSR count). The first-order valence-electron chi connectivity index (χ1n) is 3.15. The van der Waals surface area contributed by atoms with Crippen molar-refractivity contribution in [2.75, 3.05) is 6.54 Å². The van der Waals surface area contributed by atoms with Gasteiger partial charge >= 0.3 is 0 Å². The Morgan fingerprint density at radius 3 is 1.90 bits per heavy atom. The lowest BCUT2D eigenvalue weighted by molar-refractivity contribution is -0.117. The van der Waals surface area contributed by atoms with Gasteiger partial charge < -0.3 is 10.8 Å². The molecule has 0 saturated carbocycles. The van der Waals surface area contributed by atoms with E-state index in [-0.39, 0.29) is 0 Å². The number of nitrogens with two attached hydrogens (primary N) is 1. The first-order valence-corrected chi connectivity index (χ1v) is 3.15. The van der Waals surface area contributed by atoms with Gasteiger partial charge in [0.15, 0.2) is 0 Å². The van der Waals surface area contributed by atoms with Crippen LogP contribution in [0, 0.1) is 5.92 Å². The van der Waals surface area contributed by atoms with Crippen molar-refractivity contribution in [2.24, 2.45) is 11.7 Å². The molecule has 0 saturated heterocycles. The Morgan fingerprint density at radius 1 is 1.50 bits per heavy atom. The van der Waals surface area contributed by atoms with Gasteiger partial charge in [-0.05, 0) is 5.92 Å². The highest BCUT2D eigenvalue weighted by Crippen LogP contribution is 2.23. The van der Waals surface area contributed by atoms with Crippen molar-refractivity contribution in [2.45, 2.75) is 25.9 Å². The van der Waals surface area contributed by atoms with E-state index in [1.165, 1.54) is 13.8 Å². The molecule has 0 bridgehead atoms. The van der Waals surface area contributed by atoms with E-state index in [4.69, 9.17) is 10.8 Å². The molecule has 0 amide bonds. The van der Waals surface area contributed by atoms with Crippen LogP contribution in [0.25, 0.3) is 0 Å². The van der Waals surface area contributed by atoms with Crippen LogP contribution in [-0.4, -0.2) is 23.7 Å². The number of aliphatic hydroxyl groups is 1. The molecule has 0 radical (unpaired) electrons. The second kappa shape index (κ2) is 3.25. The Morgan fingerprint density at radius 2 is 1.90 bits per heavy atom. The molecule has 0 aliphatic carbocycles. The Kier molecular flexibility index (Phi) is 3.18. The molecule has 0 heterocycles. The SMILES string of the molecule is CC(C)C(O)(CN)C(F)F. The smallest absolute Gasteiger partial charge is 0.268 e. The highest BCUT2D eigenvalue weighted by Gasteiger charge is 2.39. The van der Waals surface area contributed by atoms with Crippen LogP contribution in [0.15, 0.2) is 0 Å². The second-order valence-electron chi connectivity index (χ2n) is 2.65. The van der Waals surface area contributed by atoms with Gasteiger partial charge in [0.1, 0.15) is 5.60 Å². The average Bonchev–Trinajstić information content (AvgIpc) is 1.85. The molecule has 0 aromatic heterocycles. The number of rotatable bonds is 3. The zero-order valence-electron chi connectivity index (χ0n) is 6.14. The number of hydrogen-bond donors (Lipinski definition) is 2. The molecule has 0 aromatic carbocycles. The van der Waals surface area contributed by atoms with Crippen LogP contribution in [0.4, 0.5) is 8.78 Å². The monoisotopic (exact) mass is 153 g/mol. The van der Waals surface area contributed by atoms with Crippen molar-refractivity contribution in [3.63, 3.8) is 0 Å². The number of halogens is 2. The first-order chi connectivity index (χ1) is 4.45. The highest BCUT2D eigenvalue weighted by molar-refractivity contribution is 4.85. The minimum atomic E-state index is -2.77. The molecule has 2 nitrogen and oxygen atoms in total. The minimum Gasteiger partial charge on any atom is -0.382 e. The third-order valence-corrected chi connectivity index (χ3v) is 1.70. The molecule has 0 fully saturated rings. The van der Waals surface area contributed by atoms with E-state index in [2.05, 4.69) is 0 Å².